The number of rotatable bonds is 4. The minimum atomic E-state index is -0.547. The Hall–Kier alpha value is -3.27. The predicted molar refractivity (Wildman–Crippen MR) is 108 cm³/mol. The van der Waals surface area contributed by atoms with Crippen LogP contribution in [-0.4, -0.2) is 44.6 Å². The van der Waals surface area contributed by atoms with Crippen LogP contribution in [0.4, 0.5) is 9.93 Å². The lowest BCUT2D eigenvalue weighted by Gasteiger charge is -2.26. The van der Waals surface area contributed by atoms with Crippen LogP contribution in [0.25, 0.3) is 10.9 Å². The van der Waals surface area contributed by atoms with Crippen LogP contribution in [-0.2, 0) is 29.0 Å². The third-order valence-electron chi connectivity index (χ3n) is 4.61. The Kier molecular flexibility index (Phi) is 5.26. The van der Waals surface area contributed by atoms with E-state index < -0.39 is 6.09 Å². The van der Waals surface area contributed by atoms with E-state index in [0.29, 0.717) is 35.5 Å². The maximum atomic E-state index is 12.8. The summed E-state index contributed by atoms with van der Waals surface area (Å²) >= 11 is 1.32. The molecule has 10 heteroatoms. The molecule has 4 rings (SSSR count). The zero-order valence-corrected chi connectivity index (χ0v) is 16.6. The third kappa shape index (κ3) is 3.97. The highest BCUT2D eigenvalue weighted by Gasteiger charge is 2.25. The van der Waals surface area contributed by atoms with Crippen molar-refractivity contribution < 1.29 is 14.3 Å². The monoisotopic (exact) mass is 413 g/mol. The Morgan fingerprint density at radius 1 is 1.31 bits per heavy atom. The zero-order valence-electron chi connectivity index (χ0n) is 15.8. The smallest absolute Gasteiger partial charge is 0.413 e. The van der Waals surface area contributed by atoms with E-state index >= 15 is 0 Å². The van der Waals surface area contributed by atoms with Crippen LogP contribution in [0.2, 0.25) is 0 Å². The Morgan fingerprint density at radius 3 is 2.97 bits per heavy atom. The molecule has 2 aromatic heterocycles. The highest BCUT2D eigenvalue weighted by atomic mass is 32.1. The number of amides is 2. The van der Waals surface area contributed by atoms with Gasteiger partial charge in [0.25, 0.3) is 5.56 Å². The van der Waals surface area contributed by atoms with Crippen LogP contribution in [0.1, 0.15) is 17.5 Å². The number of fused-ring (bicyclic) bond motifs is 2. The van der Waals surface area contributed by atoms with Crippen molar-refractivity contribution in [3.63, 3.8) is 0 Å². The molecule has 9 nitrogen and oxygen atoms in total. The summed E-state index contributed by atoms with van der Waals surface area (Å²) in [5, 5.41) is 3.54. The van der Waals surface area contributed by atoms with Crippen molar-refractivity contribution in [1.82, 2.24) is 19.4 Å². The SMILES string of the molecule is CCOC(=O)Nc1nc2c(s1)CN(C(=O)Cn1cnc3ccccc3c1=O)CC2. The van der Waals surface area contributed by atoms with Gasteiger partial charge in [0.05, 0.1) is 36.1 Å². The highest BCUT2D eigenvalue weighted by Crippen LogP contribution is 2.28. The van der Waals surface area contributed by atoms with Crippen molar-refractivity contribution in [2.24, 2.45) is 0 Å². The van der Waals surface area contributed by atoms with E-state index in [0.717, 1.165) is 10.6 Å². The van der Waals surface area contributed by atoms with Crippen molar-refractivity contribution in [2.45, 2.75) is 26.4 Å². The first-order valence-electron chi connectivity index (χ1n) is 9.19. The van der Waals surface area contributed by atoms with E-state index in [2.05, 4.69) is 15.3 Å². The van der Waals surface area contributed by atoms with Gasteiger partial charge in [0, 0.05) is 17.8 Å². The molecule has 0 radical (unpaired) electrons. The van der Waals surface area contributed by atoms with Gasteiger partial charge in [-0.1, -0.05) is 23.5 Å². The Balaban J connectivity index is 1.46. The summed E-state index contributed by atoms with van der Waals surface area (Å²) in [6.07, 6.45) is 1.45. The Bertz CT molecular complexity index is 1140. The first-order chi connectivity index (χ1) is 14.0. The van der Waals surface area contributed by atoms with Crippen molar-refractivity contribution in [3.05, 3.63) is 51.5 Å². The molecule has 3 heterocycles. The summed E-state index contributed by atoms with van der Waals surface area (Å²) in [4.78, 5) is 48.2. The number of ether oxygens (including phenoxy) is 1. The van der Waals surface area contributed by atoms with Gasteiger partial charge < -0.3 is 9.64 Å². The van der Waals surface area contributed by atoms with Crippen LogP contribution in [0, 0.1) is 0 Å². The molecular weight excluding hydrogens is 394 g/mol. The third-order valence-corrected chi connectivity index (χ3v) is 5.60. The summed E-state index contributed by atoms with van der Waals surface area (Å²) in [6, 6.07) is 7.06. The van der Waals surface area contributed by atoms with Gasteiger partial charge in [-0.25, -0.2) is 14.8 Å². The van der Waals surface area contributed by atoms with Crippen molar-refractivity contribution in [2.75, 3.05) is 18.5 Å². The fraction of sp³-hybridized carbons (Fsp3) is 0.316. The van der Waals surface area contributed by atoms with Gasteiger partial charge in [-0.3, -0.25) is 19.5 Å². The summed E-state index contributed by atoms with van der Waals surface area (Å²) in [5.41, 5.74) is 1.24. The molecule has 1 N–H and O–H groups in total. The minimum absolute atomic E-state index is 0.0707. The molecule has 0 bridgehead atoms. The van der Waals surface area contributed by atoms with Gasteiger partial charge in [0.2, 0.25) is 5.91 Å². The number of hydrogen-bond donors (Lipinski definition) is 1. The highest BCUT2D eigenvalue weighted by molar-refractivity contribution is 7.15. The number of nitrogens with one attached hydrogen (secondary N) is 1. The fourth-order valence-electron chi connectivity index (χ4n) is 3.18. The van der Waals surface area contributed by atoms with Gasteiger partial charge >= 0.3 is 6.09 Å². The number of thiazole rings is 1. The average Bonchev–Trinajstić information content (AvgIpc) is 3.11. The summed E-state index contributed by atoms with van der Waals surface area (Å²) in [6.45, 7) is 2.84. The summed E-state index contributed by atoms with van der Waals surface area (Å²) in [7, 11) is 0. The van der Waals surface area contributed by atoms with Crippen molar-refractivity contribution in [1.29, 1.82) is 0 Å². The summed E-state index contributed by atoms with van der Waals surface area (Å²) in [5.74, 6) is -0.164. The topological polar surface area (TPSA) is 106 Å². The molecule has 29 heavy (non-hydrogen) atoms. The second kappa shape index (κ2) is 8.00. The first-order valence-corrected chi connectivity index (χ1v) is 10.0. The lowest BCUT2D eigenvalue weighted by atomic mass is 10.2. The molecule has 0 atom stereocenters. The van der Waals surface area contributed by atoms with Gasteiger partial charge in [-0.05, 0) is 19.1 Å². The number of hydrogen-bond acceptors (Lipinski definition) is 7. The molecule has 1 aliphatic rings. The van der Waals surface area contributed by atoms with Gasteiger partial charge in [-0.15, -0.1) is 0 Å². The number of aromatic nitrogens is 3. The van der Waals surface area contributed by atoms with Crippen LogP contribution >= 0.6 is 11.3 Å². The Labute approximate surface area is 170 Å². The van der Waals surface area contributed by atoms with Crippen molar-refractivity contribution in [3.8, 4) is 0 Å². The van der Waals surface area contributed by atoms with Crippen LogP contribution in [0.3, 0.4) is 0 Å². The van der Waals surface area contributed by atoms with E-state index in [-0.39, 0.29) is 24.6 Å². The molecule has 0 fully saturated rings. The quantitative estimate of drug-likeness (QED) is 0.701. The molecule has 0 spiro atoms. The number of nitrogens with zero attached hydrogens (tertiary/aromatic N) is 4. The maximum Gasteiger partial charge on any atom is 0.413 e. The van der Waals surface area contributed by atoms with E-state index in [1.54, 1.807) is 30.0 Å². The van der Waals surface area contributed by atoms with E-state index in [9.17, 15) is 14.4 Å². The van der Waals surface area contributed by atoms with Crippen LogP contribution < -0.4 is 10.9 Å². The van der Waals surface area contributed by atoms with E-state index in [1.165, 1.54) is 22.2 Å². The summed E-state index contributed by atoms with van der Waals surface area (Å²) < 4.78 is 6.19. The minimum Gasteiger partial charge on any atom is -0.450 e. The standard InChI is InChI=1S/C19H19N5O4S/c1-2-28-19(27)22-18-21-14-7-8-23(9-15(14)29-18)16(25)10-24-11-20-13-6-4-3-5-12(13)17(24)26/h3-6,11H,2,7-10H2,1H3,(H,21,22,27). The molecule has 1 aliphatic heterocycles. The van der Waals surface area contributed by atoms with Crippen LogP contribution in [0.15, 0.2) is 35.4 Å². The predicted octanol–water partition coefficient (Wildman–Crippen LogP) is 2.01. The maximum absolute atomic E-state index is 12.8. The number of anilines is 1. The number of para-hydroxylation sites is 1. The van der Waals surface area contributed by atoms with E-state index in [4.69, 9.17) is 4.74 Å². The zero-order chi connectivity index (χ0) is 20.4. The Morgan fingerprint density at radius 2 is 2.14 bits per heavy atom. The molecule has 1 aromatic carbocycles. The lowest BCUT2D eigenvalue weighted by molar-refractivity contribution is -0.132. The molecule has 3 aromatic rings. The van der Waals surface area contributed by atoms with Crippen molar-refractivity contribution >= 4 is 39.4 Å². The molecule has 2 amide bonds. The van der Waals surface area contributed by atoms with Gasteiger partial charge in [0.15, 0.2) is 5.13 Å². The van der Waals surface area contributed by atoms with Gasteiger partial charge in [-0.2, -0.15) is 0 Å². The second-order valence-corrected chi connectivity index (χ2v) is 7.58. The number of carbonyl (C=O) groups is 2. The van der Waals surface area contributed by atoms with Gasteiger partial charge in [0.1, 0.15) is 6.54 Å². The normalized spacial score (nSPS) is 13.2. The fourth-order valence-corrected chi connectivity index (χ4v) is 4.19. The second-order valence-electron chi connectivity index (χ2n) is 6.49. The van der Waals surface area contributed by atoms with E-state index in [1.807, 2.05) is 6.07 Å². The number of benzene rings is 1. The number of carbonyl (C=O) groups excluding carboxylic acids is 2. The first kappa shape index (κ1) is 19.1. The largest absolute Gasteiger partial charge is 0.450 e. The molecule has 150 valence electrons. The molecule has 0 saturated heterocycles. The molecular formula is C19H19N5O4S. The van der Waals surface area contributed by atoms with Crippen LogP contribution in [0.5, 0.6) is 0 Å². The molecule has 0 aliphatic carbocycles. The average molecular weight is 413 g/mol. The molecule has 0 saturated carbocycles. The molecule has 0 unspecified atom stereocenters. The lowest BCUT2D eigenvalue weighted by Crippen LogP contribution is -2.39.